The summed E-state index contributed by atoms with van der Waals surface area (Å²) in [5, 5.41) is 30.8. The first kappa shape index (κ1) is 31.8. The van der Waals surface area contributed by atoms with Crippen molar-refractivity contribution in [3.05, 3.63) is 75.6 Å². The maximum absolute atomic E-state index is 15.3. The average molecular weight is 611 g/mol. The van der Waals surface area contributed by atoms with Crippen LogP contribution in [0.2, 0.25) is 0 Å². The van der Waals surface area contributed by atoms with Crippen LogP contribution < -0.4 is 5.32 Å². The predicted octanol–water partition coefficient (Wildman–Crippen LogP) is 4.43. The van der Waals surface area contributed by atoms with Crippen LogP contribution in [0.4, 0.5) is 13.6 Å². The van der Waals surface area contributed by atoms with Gasteiger partial charge < -0.3 is 20.1 Å². The number of ether oxygens (including phenoxy) is 1. The minimum Gasteiger partial charge on any atom is -0.443 e. The molecule has 2 N–H and O–H groups in total. The number of benzene rings is 2. The third kappa shape index (κ3) is 7.85. The average Bonchev–Trinajstić information content (AvgIpc) is 3.66. The molecule has 4 rings (SSSR count). The molecular weight excluding hydrogens is 576 g/mol. The van der Waals surface area contributed by atoms with Gasteiger partial charge in [-0.05, 0) is 57.4 Å². The summed E-state index contributed by atoms with van der Waals surface area (Å²) in [5.74, 6) is -2.31. The number of nitriles is 1. The van der Waals surface area contributed by atoms with Crippen molar-refractivity contribution in [3.8, 4) is 17.3 Å². The van der Waals surface area contributed by atoms with Crippen LogP contribution in [-0.2, 0) is 10.3 Å². The summed E-state index contributed by atoms with van der Waals surface area (Å²) in [4.78, 5) is 23.0. The Balaban J connectivity index is 1.58. The van der Waals surface area contributed by atoms with E-state index in [9.17, 15) is 14.3 Å². The third-order valence-electron chi connectivity index (χ3n) is 7.22. The van der Waals surface area contributed by atoms with Crippen LogP contribution in [0.5, 0.6) is 0 Å². The van der Waals surface area contributed by atoms with E-state index >= 15 is 4.39 Å². The van der Waals surface area contributed by atoms with Gasteiger partial charge >= 0.3 is 6.09 Å². The number of hydrogen-bond acceptors (Lipinski definition) is 9. The fraction of sp³-hybridized carbons (Fsp3) is 0.367. The molecule has 0 spiro atoms. The van der Waals surface area contributed by atoms with E-state index in [0.717, 1.165) is 36.7 Å². The standard InChI is InChI=1S/C30H33F2N7O3S/c1-21(28-37-27(17-43-28)23-7-5-22(16-33)6-8-23)30(41,25-15-24(31)9-10-26(25)32)18-39(20-34-19-36-39)13-14-42-29(40)35-11-4-12-38(2)3/h5-10,15,17,19-21,41H,4,11-14,18H2,1-3H3/p+1/t21-,30+,39?/m0/s1. The second-order valence-electron chi connectivity index (χ2n) is 10.6. The molecule has 3 atom stereocenters. The highest BCUT2D eigenvalue weighted by molar-refractivity contribution is 7.10. The Morgan fingerprint density at radius 3 is 2.70 bits per heavy atom. The zero-order chi connectivity index (χ0) is 31.0. The monoisotopic (exact) mass is 610 g/mol. The Bertz CT molecular complexity index is 1510. The van der Waals surface area contributed by atoms with Crippen molar-refractivity contribution in [2.24, 2.45) is 10.1 Å². The van der Waals surface area contributed by atoms with Gasteiger partial charge in [-0.3, -0.25) is 0 Å². The molecule has 2 aromatic carbocycles. The Labute approximate surface area is 253 Å². The van der Waals surface area contributed by atoms with Crippen molar-refractivity contribution < 1.29 is 28.0 Å². The molecule has 0 radical (unpaired) electrons. The van der Waals surface area contributed by atoms with Gasteiger partial charge in [-0.25, -0.2) is 18.6 Å². The minimum absolute atomic E-state index is 0.0704. The number of thiazole rings is 1. The van der Waals surface area contributed by atoms with Crippen LogP contribution >= 0.6 is 11.3 Å². The zero-order valence-electron chi connectivity index (χ0n) is 24.2. The van der Waals surface area contributed by atoms with Gasteiger partial charge in [-0.2, -0.15) is 10.3 Å². The highest BCUT2D eigenvalue weighted by Gasteiger charge is 2.49. The Morgan fingerprint density at radius 1 is 1.26 bits per heavy atom. The molecule has 13 heteroatoms. The molecule has 43 heavy (non-hydrogen) atoms. The topological polar surface area (TPSA) is 123 Å². The highest BCUT2D eigenvalue weighted by atomic mass is 32.1. The van der Waals surface area contributed by atoms with Crippen LogP contribution in [0, 0.1) is 23.0 Å². The predicted molar refractivity (Wildman–Crippen MR) is 160 cm³/mol. The molecule has 1 aliphatic rings. The lowest BCUT2D eigenvalue weighted by Gasteiger charge is -2.38. The first-order valence-electron chi connectivity index (χ1n) is 13.7. The second kappa shape index (κ2) is 13.9. The quantitative estimate of drug-likeness (QED) is 0.218. The summed E-state index contributed by atoms with van der Waals surface area (Å²) in [6.45, 7) is 2.73. The lowest BCUT2D eigenvalue weighted by Crippen LogP contribution is -2.54. The molecule has 0 bridgehead atoms. The molecule has 0 saturated carbocycles. The van der Waals surface area contributed by atoms with Gasteiger partial charge in [-0.15, -0.1) is 15.9 Å². The number of halogens is 2. The molecule has 1 unspecified atom stereocenters. The van der Waals surface area contributed by atoms with Crippen LogP contribution in [0.25, 0.3) is 11.3 Å². The van der Waals surface area contributed by atoms with E-state index < -0.39 is 29.2 Å². The van der Waals surface area contributed by atoms with Crippen molar-refractivity contribution >= 4 is 30.1 Å². The number of quaternary nitrogens is 1. The number of nitrogens with zero attached hydrogens (tertiary/aromatic N) is 6. The normalized spacial score (nSPS) is 17.9. The molecule has 1 amide bonds. The van der Waals surface area contributed by atoms with Gasteiger partial charge in [0.25, 0.3) is 0 Å². The number of carbonyl (C=O) groups excluding carboxylic acids is 1. The lowest BCUT2D eigenvalue weighted by atomic mass is 9.81. The number of aromatic nitrogens is 1. The number of rotatable bonds is 13. The molecule has 0 saturated heterocycles. The van der Waals surface area contributed by atoms with E-state index in [2.05, 4.69) is 21.5 Å². The number of aliphatic imine (C=N–C) groups is 1. The number of aliphatic hydroxyl groups is 1. The highest BCUT2D eigenvalue weighted by Crippen LogP contribution is 2.42. The van der Waals surface area contributed by atoms with Gasteiger partial charge in [0.1, 0.15) is 31.3 Å². The molecule has 0 fully saturated rings. The van der Waals surface area contributed by atoms with Gasteiger partial charge in [0, 0.05) is 29.0 Å². The summed E-state index contributed by atoms with van der Waals surface area (Å²) in [5.41, 5.74) is -0.355. The van der Waals surface area contributed by atoms with E-state index in [4.69, 9.17) is 15.0 Å². The third-order valence-corrected chi connectivity index (χ3v) is 8.25. The zero-order valence-corrected chi connectivity index (χ0v) is 25.0. The van der Waals surface area contributed by atoms with Gasteiger partial charge in [-0.1, -0.05) is 24.2 Å². The van der Waals surface area contributed by atoms with Crippen LogP contribution in [0.1, 0.15) is 35.4 Å². The fourth-order valence-electron chi connectivity index (χ4n) is 4.77. The summed E-state index contributed by atoms with van der Waals surface area (Å²) >= 11 is 1.27. The van der Waals surface area contributed by atoms with Gasteiger partial charge in [0.15, 0.2) is 11.9 Å². The molecule has 10 nitrogen and oxygen atoms in total. The number of nitrogens with one attached hydrogen (secondary N) is 1. The number of carbonyl (C=O) groups is 1. The van der Waals surface area contributed by atoms with E-state index in [-0.39, 0.29) is 29.9 Å². The van der Waals surface area contributed by atoms with Crippen molar-refractivity contribution in [1.82, 2.24) is 15.2 Å². The largest absolute Gasteiger partial charge is 0.443 e. The number of amides is 1. The maximum Gasteiger partial charge on any atom is 0.407 e. The van der Waals surface area contributed by atoms with Crippen LogP contribution in [0.3, 0.4) is 0 Å². The molecule has 1 aromatic heterocycles. The molecule has 3 aromatic rings. The van der Waals surface area contributed by atoms with E-state index in [1.807, 2.05) is 19.0 Å². The van der Waals surface area contributed by atoms with E-state index in [1.165, 1.54) is 24.0 Å². The van der Waals surface area contributed by atoms with Crippen molar-refractivity contribution in [2.75, 3.05) is 46.9 Å². The summed E-state index contributed by atoms with van der Waals surface area (Å²) in [6.07, 6.45) is 2.94. The summed E-state index contributed by atoms with van der Waals surface area (Å²) < 4.78 is 34.8. The van der Waals surface area contributed by atoms with E-state index in [1.54, 1.807) is 36.6 Å². The summed E-state index contributed by atoms with van der Waals surface area (Å²) in [6, 6.07) is 11.9. The van der Waals surface area contributed by atoms with Crippen LogP contribution in [0.15, 0.2) is 57.9 Å². The Morgan fingerprint density at radius 2 is 2.02 bits per heavy atom. The number of hydrogen-bond donors (Lipinski definition) is 2. The molecule has 226 valence electrons. The molecular formula is C30H34F2N7O3S+. The minimum atomic E-state index is -2.01. The number of alkyl carbamates (subject to hydrolysis) is 1. The molecule has 1 aliphatic heterocycles. The Kier molecular flexibility index (Phi) is 10.3. The molecule has 2 heterocycles. The SMILES string of the molecule is C[C@@H](c1nc(-c2ccc(C#N)cc2)cs1)[C@](O)(C[N+]1(CCOC(=O)NCCCN(C)C)C=NC=N1)c1cc(F)ccc1F. The van der Waals surface area contributed by atoms with Gasteiger partial charge in [0.2, 0.25) is 6.34 Å². The first-order valence-corrected chi connectivity index (χ1v) is 14.6. The second-order valence-corrected chi connectivity index (χ2v) is 11.5. The summed E-state index contributed by atoms with van der Waals surface area (Å²) in [7, 11) is 3.89. The molecule has 0 aliphatic carbocycles. The Hall–Kier alpha value is -4.09. The van der Waals surface area contributed by atoms with Crippen molar-refractivity contribution in [3.63, 3.8) is 0 Å². The van der Waals surface area contributed by atoms with Crippen LogP contribution in [-0.4, -0.2) is 85.2 Å². The van der Waals surface area contributed by atoms with E-state index in [0.29, 0.717) is 22.8 Å². The smallest absolute Gasteiger partial charge is 0.407 e. The first-order chi connectivity index (χ1) is 20.5. The van der Waals surface area contributed by atoms with Crippen molar-refractivity contribution in [1.29, 1.82) is 5.26 Å². The fourth-order valence-corrected chi connectivity index (χ4v) is 5.74. The van der Waals surface area contributed by atoms with Gasteiger partial charge in [0.05, 0.1) is 22.3 Å². The van der Waals surface area contributed by atoms with Crippen molar-refractivity contribution in [2.45, 2.75) is 24.9 Å². The lowest BCUT2D eigenvalue weighted by molar-refractivity contribution is -0.848. The maximum atomic E-state index is 15.3.